The molecule has 0 saturated heterocycles. The van der Waals surface area contributed by atoms with E-state index in [1.165, 1.54) is 25.1 Å². The van der Waals surface area contributed by atoms with Crippen LogP contribution in [-0.2, 0) is 11.2 Å². The van der Waals surface area contributed by atoms with Crippen molar-refractivity contribution in [2.45, 2.75) is 19.7 Å². The zero-order valence-corrected chi connectivity index (χ0v) is 10.4. The van der Waals surface area contributed by atoms with Crippen molar-refractivity contribution in [1.29, 1.82) is 0 Å². The second kappa shape index (κ2) is 5.03. The SMILES string of the molecule is CC(=O)Cc1ccc(OC(F)(F)F)cc1I. The molecule has 0 aliphatic carbocycles. The van der Waals surface area contributed by atoms with Gasteiger partial charge in [0, 0.05) is 9.99 Å². The van der Waals surface area contributed by atoms with Gasteiger partial charge in [0.2, 0.25) is 0 Å². The summed E-state index contributed by atoms with van der Waals surface area (Å²) in [4.78, 5) is 10.9. The molecule has 88 valence electrons. The first kappa shape index (κ1) is 13.3. The summed E-state index contributed by atoms with van der Waals surface area (Å²) in [5.74, 6) is -0.313. The van der Waals surface area contributed by atoms with Crippen LogP contribution in [0.5, 0.6) is 5.75 Å². The van der Waals surface area contributed by atoms with Crippen molar-refractivity contribution < 1.29 is 22.7 Å². The van der Waals surface area contributed by atoms with E-state index in [0.29, 0.717) is 9.13 Å². The Bertz CT molecular complexity index is 402. The Morgan fingerprint density at radius 1 is 1.44 bits per heavy atom. The van der Waals surface area contributed by atoms with E-state index in [4.69, 9.17) is 0 Å². The van der Waals surface area contributed by atoms with Gasteiger partial charge in [-0.3, -0.25) is 4.79 Å². The van der Waals surface area contributed by atoms with Crippen LogP contribution in [0.15, 0.2) is 18.2 Å². The van der Waals surface area contributed by atoms with Crippen LogP contribution in [0.3, 0.4) is 0 Å². The molecule has 16 heavy (non-hydrogen) atoms. The Morgan fingerprint density at radius 3 is 2.50 bits per heavy atom. The Hall–Kier alpha value is -0.790. The molecule has 0 spiro atoms. The molecule has 0 aliphatic rings. The molecule has 0 atom stereocenters. The number of carbonyl (C=O) groups excluding carboxylic acids is 1. The fourth-order valence-corrected chi connectivity index (χ4v) is 1.81. The van der Waals surface area contributed by atoms with Crippen LogP contribution in [0.2, 0.25) is 0 Å². The Balaban J connectivity index is 2.87. The molecule has 0 heterocycles. The Morgan fingerprint density at radius 2 is 2.06 bits per heavy atom. The second-order valence-corrected chi connectivity index (χ2v) is 4.34. The van der Waals surface area contributed by atoms with Gasteiger partial charge in [-0.05, 0) is 47.2 Å². The number of hydrogen-bond acceptors (Lipinski definition) is 2. The summed E-state index contributed by atoms with van der Waals surface area (Å²) in [6, 6.07) is 3.92. The first-order valence-electron chi connectivity index (χ1n) is 4.31. The highest BCUT2D eigenvalue weighted by atomic mass is 127. The first-order valence-corrected chi connectivity index (χ1v) is 5.39. The molecular formula is C10H8F3IO2. The van der Waals surface area contributed by atoms with Gasteiger partial charge in [-0.1, -0.05) is 6.07 Å². The molecule has 0 unspecified atom stereocenters. The molecule has 0 aromatic heterocycles. The summed E-state index contributed by atoms with van der Waals surface area (Å²) in [6.07, 6.45) is -4.48. The molecule has 0 saturated carbocycles. The summed E-state index contributed by atoms with van der Waals surface area (Å²) in [6.45, 7) is 1.43. The lowest BCUT2D eigenvalue weighted by atomic mass is 10.1. The third-order valence-electron chi connectivity index (χ3n) is 1.70. The number of hydrogen-bond donors (Lipinski definition) is 0. The standard InChI is InChI=1S/C10H8F3IO2/c1-6(15)4-7-2-3-8(5-9(7)14)16-10(11,12)13/h2-3,5H,4H2,1H3. The highest BCUT2D eigenvalue weighted by Gasteiger charge is 2.31. The fourth-order valence-electron chi connectivity index (χ4n) is 1.14. The van der Waals surface area contributed by atoms with Crippen LogP contribution in [0.25, 0.3) is 0 Å². The van der Waals surface area contributed by atoms with Crippen molar-refractivity contribution in [3.63, 3.8) is 0 Å². The Labute approximate surface area is 104 Å². The maximum absolute atomic E-state index is 11.9. The first-order chi connectivity index (χ1) is 7.28. The average Bonchev–Trinajstić information content (AvgIpc) is 2.06. The third kappa shape index (κ3) is 4.38. The van der Waals surface area contributed by atoms with Gasteiger partial charge < -0.3 is 4.74 Å². The van der Waals surface area contributed by atoms with E-state index in [9.17, 15) is 18.0 Å². The molecule has 0 amide bonds. The topological polar surface area (TPSA) is 26.3 Å². The minimum absolute atomic E-state index is 0.0394. The average molecular weight is 344 g/mol. The van der Waals surface area contributed by atoms with E-state index in [1.54, 1.807) is 0 Å². The monoisotopic (exact) mass is 344 g/mol. The molecular weight excluding hydrogens is 336 g/mol. The van der Waals surface area contributed by atoms with Crippen LogP contribution in [0.4, 0.5) is 13.2 Å². The number of carbonyl (C=O) groups is 1. The van der Waals surface area contributed by atoms with Gasteiger partial charge in [-0.25, -0.2) is 0 Å². The lowest BCUT2D eigenvalue weighted by Crippen LogP contribution is -2.17. The molecule has 1 rings (SSSR count). The highest BCUT2D eigenvalue weighted by Crippen LogP contribution is 2.26. The largest absolute Gasteiger partial charge is 0.573 e. The molecule has 0 N–H and O–H groups in total. The van der Waals surface area contributed by atoms with Crippen molar-refractivity contribution in [1.82, 2.24) is 0 Å². The zero-order valence-electron chi connectivity index (χ0n) is 8.27. The summed E-state index contributed by atoms with van der Waals surface area (Å²) in [5.41, 5.74) is 0.697. The minimum atomic E-state index is -4.69. The fraction of sp³-hybridized carbons (Fsp3) is 0.300. The number of benzene rings is 1. The molecule has 0 fully saturated rings. The molecule has 0 aliphatic heterocycles. The number of rotatable bonds is 3. The van der Waals surface area contributed by atoms with Crippen molar-refractivity contribution in [3.8, 4) is 5.75 Å². The van der Waals surface area contributed by atoms with Gasteiger partial charge in [-0.15, -0.1) is 13.2 Å². The maximum atomic E-state index is 11.9. The van der Waals surface area contributed by atoms with E-state index in [-0.39, 0.29) is 18.0 Å². The summed E-state index contributed by atoms with van der Waals surface area (Å²) < 4.78 is 40.0. The van der Waals surface area contributed by atoms with E-state index in [2.05, 4.69) is 4.74 Å². The molecule has 2 nitrogen and oxygen atoms in total. The van der Waals surface area contributed by atoms with Crippen LogP contribution in [-0.4, -0.2) is 12.1 Å². The normalized spacial score (nSPS) is 11.3. The van der Waals surface area contributed by atoms with Gasteiger partial charge in [-0.2, -0.15) is 0 Å². The van der Waals surface area contributed by atoms with Crippen LogP contribution in [0.1, 0.15) is 12.5 Å². The van der Waals surface area contributed by atoms with E-state index >= 15 is 0 Å². The Kier molecular flexibility index (Phi) is 4.17. The van der Waals surface area contributed by atoms with Crippen molar-refractivity contribution in [3.05, 3.63) is 27.3 Å². The number of ether oxygens (including phenoxy) is 1. The lowest BCUT2D eigenvalue weighted by Gasteiger charge is -2.10. The van der Waals surface area contributed by atoms with Crippen LogP contribution < -0.4 is 4.74 Å². The third-order valence-corrected chi connectivity index (χ3v) is 2.70. The smallest absolute Gasteiger partial charge is 0.406 e. The van der Waals surface area contributed by atoms with Crippen LogP contribution >= 0.6 is 22.6 Å². The second-order valence-electron chi connectivity index (χ2n) is 3.18. The van der Waals surface area contributed by atoms with Crippen molar-refractivity contribution in [2.24, 2.45) is 0 Å². The van der Waals surface area contributed by atoms with Crippen molar-refractivity contribution in [2.75, 3.05) is 0 Å². The van der Waals surface area contributed by atoms with E-state index in [1.807, 2.05) is 22.6 Å². The van der Waals surface area contributed by atoms with E-state index in [0.717, 1.165) is 0 Å². The zero-order chi connectivity index (χ0) is 12.3. The van der Waals surface area contributed by atoms with Gasteiger partial charge in [0.05, 0.1) is 0 Å². The van der Waals surface area contributed by atoms with Gasteiger partial charge in [0.1, 0.15) is 11.5 Å². The molecule has 1 aromatic carbocycles. The van der Waals surface area contributed by atoms with Crippen LogP contribution in [0, 0.1) is 3.57 Å². The number of halogens is 4. The van der Waals surface area contributed by atoms with E-state index < -0.39 is 6.36 Å². The number of Topliss-reactive ketones (excluding diaryl/α,β-unsaturated/α-hetero) is 1. The minimum Gasteiger partial charge on any atom is -0.406 e. The summed E-state index contributed by atoms with van der Waals surface area (Å²) >= 11 is 1.87. The summed E-state index contributed by atoms with van der Waals surface area (Å²) in [5, 5.41) is 0. The molecule has 1 aromatic rings. The van der Waals surface area contributed by atoms with Gasteiger partial charge >= 0.3 is 6.36 Å². The quantitative estimate of drug-likeness (QED) is 0.787. The number of ketones is 1. The molecule has 0 bridgehead atoms. The summed E-state index contributed by atoms with van der Waals surface area (Å²) in [7, 11) is 0. The predicted octanol–water partition coefficient (Wildman–Crippen LogP) is 3.32. The molecule has 6 heteroatoms. The maximum Gasteiger partial charge on any atom is 0.573 e. The molecule has 0 radical (unpaired) electrons. The van der Waals surface area contributed by atoms with Gasteiger partial charge in [0.15, 0.2) is 0 Å². The van der Waals surface area contributed by atoms with Gasteiger partial charge in [0.25, 0.3) is 0 Å². The lowest BCUT2D eigenvalue weighted by molar-refractivity contribution is -0.274. The number of alkyl halides is 3. The van der Waals surface area contributed by atoms with Crippen molar-refractivity contribution >= 4 is 28.4 Å². The highest BCUT2D eigenvalue weighted by molar-refractivity contribution is 14.1. The predicted molar refractivity (Wildman–Crippen MR) is 60.2 cm³/mol.